The van der Waals surface area contributed by atoms with Gasteiger partial charge in [0.2, 0.25) is 0 Å². The molecular formula is C15H22Cl2N2O3. The topological polar surface area (TPSA) is 59.6 Å². The van der Waals surface area contributed by atoms with Crippen molar-refractivity contribution in [3.63, 3.8) is 0 Å². The Bertz CT molecular complexity index is 506. The largest absolute Gasteiger partial charge is 0.496 e. The highest BCUT2D eigenvalue weighted by Crippen LogP contribution is 2.25. The van der Waals surface area contributed by atoms with Crippen LogP contribution in [0.2, 0.25) is 5.02 Å². The molecule has 124 valence electrons. The molecule has 7 heteroatoms. The van der Waals surface area contributed by atoms with Gasteiger partial charge in [-0.1, -0.05) is 17.7 Å². The van der Waals surface area contributed by atoms with Gasteiger partial charge >= 0.3 is 0 Å². The van der Waals surface area contributed by atoms with Gasteiger partial charge in [-0.15, -0.1) is 12.4 Å². The third-order valence-electron chi connectivity index (χ3n) is 3.90. The summed E-state index contributed by atoms with van der Waals surface area (Å²) in [6.45, 7) is 1.95. The fraction of sp³-hybridized carbons (Fsp3) is 0.533. The van der Waals surface area contributed by atoms with Gasteiger partial charge in [-0.05, 0) is 38.1 Å². The van der Waals surface area contributed by atoms with E-state index in [9.17, 15) is 4.79 Å². The van der Waals surface area contributed by atoms with Crippen LogP contribution in [0.15, 0.2) is 18.2 Å². The predicted octanol–water partition coefficient (Wildman–Crippen LogP) is 2.16. The second kappa shape index (κ2) is 8.58. The summed E-state index contributed by atoms with van der Waals surface area (Å²) in [5.74, 6) is 0.586. The Labute approximate surface area is 142 Å². The molecule has 22 heavy (non-hydrogen) atoms. The Hall–Kier alpha value is -1.01. The normalized spacial score (nSPS) is 16.5. The zero-order valence-electron chi connectivity index (χ0n) is 12.8. The van der Waals surface area contributed by atoms with E-state index in [0.717, 1.165) is 18.7 Å². The van der Waals surface area contributed by atoms with Crippen molar-refractivity contribution in [2.24, 2.45) is 0 Å². The number of piperidine rings is 1. The van der Waals surface area contributed by atoms with Crippen LogP contribution in [0.25, 0.3) is 0 Å². The summed E-state index contributed by atoms with van der Waals surface area (Å²) in [4.78, 5) is 12.5. The smallest absolute Gasteiger partial charge is 0.252 e. The fourth-order valence-corrected chi connectivity index (χ4v) is 2.72. The Morgan fingerprint density at radius 2 is 2.05 bits per heavy atom. The highest BCUT2D eigenvalue weighted by Gasteiger charge is 2.39. The molecule has 1 aromatic carbocycles. The molecule has 0 saturated carbocycles. The number of nitrogens with one attached hydrogen (secondary N) is 2. The number of benzene rings is 1. The van der Waals surface area contributed by atoms with Gasteiger partial charge < -0.3 is 20.1 Å². The van der Waals surface area contributed by atoms with E-state index < -0.39 is 5.60 Å². The molecule has 0 bridgehead atoms. The summed E-state index contributed by atoms with van der Waals surface area (Å²) >= 11 is 5.93. The number of rotatable bonds is 5. The molecule has 1 heterocycles. The van der Waals surface area contributed by atoms with Crippen molar-refractivity contribution in [2.75, 3.05) is 27.3 Å². The highest BCUT2D eigenvalue weighted by atomic mass is 35.5. The number of hydrogen-bond acceptors (Lipinski definition) is 4. The van der Waals surface area contributed by atoms with E-state index >= 15 is 0 Å². The van der Waals surface area contributed by atoms with Crippen molar-refractivity contribution >= 4 is 29.9 Å². The van der Waals surface area contributed by atoms with Gasteiger partial charge in [-0.25, -0.2) is 0 Å². The molecule has 0 radical (unpaired) electrons. The molecule has 1 aliphatic heterocycles. The van der Waals surface area contributed by atoms with Gasteiger partial charge in [0.15, 0.2) is 0 Å². The van der Waals surface area contributed by atoms with Gasteiger partial charge in [0.1, 0.15) is 11.4 Å². The van der Waals surface area contributed by atoms with E-state index in [1.165, 1.54) is 0 Å². The third kappa shape index (κ3) is 4.26. The van der Waals surface area contributed by atoms with Crippen molar-refractivity contribution in [1.29, 1.82) is 0 Å². The van der Waals surface area contributed by atoms with E-state index in [4.69, 9.17) is 21.1 Å². The Kier molecular flexibility index (Phi) is 7.42. The second-order valence-electron chi connectivity index (χ2n) is 5.09. The lowest BCUT2D eigenvalue weighted by molar-refractivity contribution is -0.146. The zero-order chi connectivity index (χ0) is 15.3. The molecule has 1 aliphatic rings. The Morgan fingerprint density at radius 3 is 2.64 bits per heavy atom. The molecule has 1 amide bonds. The first-order valence-electron chi connectivity index (χ1n) is 6.98. The maximum atomic E-state index is 12.5. The number of amides is 1. The molecule has 1 saturated heterocycles. The molecule has 0 atom stereocenters. The maximum absolute atomic E-state index is 12.5. The van der Waals surface area contributed by atoms with E-state index in [0.29, 0.717) is 30.2 Å². The number of halogens is 2. The number of hydrogen-bond donors (Lipinski definition) is 2. The molecule has 0 aromatic heterocycles. The van der Waals surface area contributed by atoms with Crippen LogP contribution in [0.4, 0.5) is 0 Å². The SMILES string of the molecule is COc1cc(Cl)ccc1CNC(=O)C1(OC)CCNCC1.Cl. The quantitative estimate of drug-likeness (QED) is 0.855. The molecule has 5 nitrogen and oxygen atoms in total. The molecule has 1 fully saturated rings. The number of ether oxygens (including phenoxy) is 2. The minimum atomic E-state index is -0.731. The summed E-state index contributed by atoms with van der Waals surface area (Å²) < 4.78 is 10.8. The molecule has 0 unspecified atom stereocenters. The molecule has 2 rings (SSSR count). The Balaban J connectivity index is 0.00000242. The van der Waals surface area contributed by atoms with Gasteiger partial charge in [0.05, 0.1) is 7.11 Å². The third-order valence-corrected chi connectivity index (χ3v) is 4.14. The van der Waals surface area contributed by atoms with Crippen molar-refractivity contribution in [1.82, 2.24) is 10.6 Å². The van der Waals surface area contributed by atoms with Crippen LogP contribution in [-0.2, 0) is 16.1 Å². The van der Waals surface area contributed by atoms with Gasteiger partial charge in [-0.2, -0.15) is 0 Å². The Morgan fingerprint density at radius 1 is 1.36 bits per heavy atom. The first-order chi connectivity index (χ1) is 10.1. The van der Waals surface area contributed by atoms with Gasteiger partial charge in [-0.3, -0.25) is 4.79 Å². The fourth-order valence-electron chi connectivity index (χ4n) is 2.56. The lowest BCUT2D eigenvalue weighted by Crippen LogP contribution is -2.53. The summed E-state index contributed by atoms with van der Waals surface area (Å²) in [5, 5.41) is 6.78. The van der Waals surface area contributed by atoms with E-state index in [1.54, 1.807) is 26.4 Å². The van der Waals surface area contributed by atoms with Crippen LogP contribution in [-0.4, -0.2) is 38.8 Å². The molecule has 1 aromatic rings. The standard InChI is InChI=1S/C15H21ClN2O3.ClH/c1-20-13-9-12(16)4-3-11(13)10-18-14(19)15(21-2)5-7-17-8-6-15;/h3-4,9,17H,5-8,10H2,1-2H3,(H,18,19);1H. The average Bonchev–Trinajstić information content (AvgIpc) is 2.53. The van der Waals surface area contributed by atoms with Crippen LogP contribution in [0, 0.1) is 0 Å². The number of methoxy groups -OCH3 is 2. The van der Waals surface area contributed by atoms with Crippen LogP contribution >= 0.6 is 24.0 Å². The minimum absolute atomic E-state index is 0. The van der Waals surface area contributed by atoms with Crippen LogP contribution in [0.3, 0.4) is 0 Å². The monoisotopic (exact) mass is 348 g/mol. The summed E-state index contributed by atoms with van der Waals surface area (Å²) in [5.41, 5.74) is 0.153. The van der Waals surface area contributed by atoms with E-state index in [-0.39, 0.29) is 18.3 Å². The molecule has 2 N–H and O–H groups in total. The highest BCUT2D eigenvalue weighted by molar-refractivity contribution is 6.30. The van der Waals surface area contributed by atoms with Crippen LogP contribution in [0.5, 0.6) is 5.75 Å². The van der Waals surface area contributed by atoms with Crippen molar-refractivity contribution in [3.05, 3.63) is 28.8 Å². The summed E-state index contributed by atoms with van der Waals surface area (Å²) in [7, 11) is 3.17. The van der Waals surface area contributed by atoms with Crippen molar-refractivity contribution in [2.45, 2.75) is 25.0 Å². The molecule has 0 spiro atoms. The van der Waals surface area contributed by atoms with Gasteiger partial charge in [0.25, 0.3) is 5.91 Å². The van der Waals surface area contributed by atoms with E-state index in [1.807, 2.05) is 6.07 Å². The van der Waals surface area contributed by atoms with Crippen molar-refractivity contribution in [3.8, 4) is 5.75 Å². The maximum Gasteiger partial charge on any atom is 0.252 e. The lowest BCUT2D eigenvalue weighted by Gasteiger charge is -2.34. The van der Waals surface area contributed by atoms with E-state index in [2.05, 4.69) is 10.6 Å². The van der Waals surface area contributed by atoms with Crippen molar-refractivity contribution < 1.29 is 14.3 Å². The zero-order valence-corrected chi connectivity index (χ0v) is 14.4. The predicted molar refractivity (Wildman–Crippen MR) is 88.9 cm³/mol. The lowest BCUT2D eigenvalue weighted by atomic mass is 9.91. The summed E-state index contributed by atoms with van der Waals surface area (Å²) in [6.07, 6.45) is 1.35. The molecule has 0 aliphatic carbocycles. The second-order valence-corrected chi connectivity index (χ2v) is 5.52. The molecular weight excluding hydrogens is 327 g/mol. The van der Waals surface area contributed by atoms with Crippen LogP contribution < -0.4 is 15.4 Å². The first kappa shape index (κ1) is 19.0. The van der Waals surface area contributed by atoms with Crippen LogP contribution in [0.1, 0.15) is 18.4 Å². The minimum Gasteiger partial charge on any atom is -0.496 e. The first-order valence-corrected chi connectivity index (χ1v) is 7.36. The number of carbonyl (C=O) groups is 1. The average molecular weight is 349 g/mol. The summed E-state index contributed by atoms with van der Waals surface area (Å²) in [6, 6.07) is 5.37. The number of carbonyl (C=O) groups excluding carboxylic acids is 1. The van der Waals surface area contributed by atoms with Gasteiger partial charge in [0, 0.05) is 24.2 Å².